The highest BCUT2D eigenvalue weighted by atomic mass is 32.2. The molecule has 0 spiro atoms. The van der Waals surface area contributed by atoms with Crippen LogP contribution in [0.1, 0.15) is 35.2 Å². The molecule has 0 radical (unpaired) electrons. The van der Waals surface area contributed by atoms with Crippen LogP contribution in [-0.2, 0) is 0 Å². The zero-order chi connectivity index (χ0) is 13.1. The van der Waals surface area contributed by atoms with E-state index in [1.54, 1.807) is 6.07 Å². The minimum absolute atomic E-state index is 0.368. The standard InChI is InChI=1S/C14H19NO2S/c1-9-6-7-10(14(16)17)12(8-9)15-11-4-3-5-13(11)18-2/h6-8,11,13,15H,3-5H2,1-2H3,(H,16,17). The second kappa shape index (κ2) is 5.65. The minimum atomic E-state index is -0.865. The SMILES string of the molecule is CSC1CCCC1Nc1cc(C)ccc1C(=O)O. The molecule has 2 N–H and O–H groups in total. The fraction of sp³-hybridized carbons (Fsp3) is 0.500. The number of thioether (sulfide) groups is 1. The Kier molecular flexibility index (Phi) is 4.17. The maximum atomic E-state index is 11.2. The molecule has 0 amide bonds. The van der Waals surface area contributed by atoms with Gasteiger partial charge in [-0.05, 0) is 43.7 Å². The molecule has 0 aromatic heterocycles. The Bertz CT molecular complexity index is 447. The molecular formula is C14H19NO2S. The van der Waals surface area contributed by atoms with Crippen molar-refractivity contribution in [1.29, 1.82) is 0 Å². The van der Waals surface area contributed by atoms with E-state index in [2.05, 4.69) is 11.6 Å². The first-order valence-corrected chi connectivity index (χ1v) is 7.54. The third-order valence-corrected chi connectivity index (χ3v) is 4.67. The average molecular weight is 265 g/mol. The zero-order valence-corrected chi connectivity index (χ0v) is 11.6. The molecular weight excluding hydrogens is 246 g/mol. The van der Waals surface area contributed by atoms with Crippen LogP contribution in [0.2, 0.25) is 0 Å². The third-order valence-electron chi connectivity index (χ3n) is 3.50. The molecule has 1 aromatic rings. The molecule has 0 aliphatic heterocycles. The first kappa shape index (κ1) is 13.3. The summed E-state index contributed by atoms with van der Waals surface area (Å²) in [6.45, 7) is 1.98. The predicted molar refractivity (Wildman–Crippen MR) is 76.7 cm³/mol. The highest BCUT2D eigenvalue weighted by Crippen LogP contribution is 2.31. The molecule has 1 aliphatic carbocycles. The van der Waals surface area contributed by atoms with Crippen LogP contribution in [0.25, 0.3) is 0 Å². The summed E-state index contributed by atoms with van der Waals surface area (Å²) < 4.78 is 0. The number of carbonyl (C=O) groups is 1. The van der Waals surface area contributed by atoms with Crippen LogP contribution in [0.4, 0.5) is 5.69 Å². The Morgan fingerprint density at radius 2 is 2.22 bits per heavy atom. The van der Waals surface area contributed by atoms with Crippen LogP contribution < -0.4 is 5.32 Å². The van der Waals surface area contributed by atoms with Crippen molar-refractivity contribution in [3.05, 3.63) is 29.3 Å². The topological polar surface area (TPSA) is 49.3 Å². The molecule has 18 heavy (non-hydrogen) atoms. The van der Waals surface area contributed by atoms with Gasteiger partial charge in [0.2, 0.25) is 0 Å². The molecule has 1 aliphatic rings. The van der Waals surface area contributed by atoms with Gasteiger partial charge in [-0.1, -0.05) is 12.5 Å². The first-order valence-electron chi connectivity index (χ1n) is 6.25. The van der Waals surface area contributed by atoms with Crippen LogP contribution in [0.15, 0.2) is 18.2 Å². The van der Waals surface area contributed by atoms with Crippen LogP contribution in [-0.4, -0.2) is 28.6 Å². The Hall–Kier alpha value is -1.16. The van der Waals surface area contributed by atoms with Crippen molar-refractivity contribution < 1.29 is 9.90 Å². The van der Waals surface area contributed by atoms with Crippen molar-refractivity contribution in [1.82, 2.24) is 0 Å². The largest absolute Gasteiger partial charge is 0.478 e. The summed E-state index contributed by atoms with van der Waals surface area (Å²) >= 11 is 1.87. The quantitative estimate of drug-likeness (QED) is 0.876. The number of rotatable bonds is 4. The van der Waals surface area contributed by atoms with Crippen molar-refractivity contribution in [2.45, 2.75) is 37.5 Å². The van der Waals surface area contributed by atoms with Crippen LogP contribution in [0.3, 0.4) is 0 Å². The lowest BCUT2D eigenvalue weighted by atomic mass is 10.1. The van der Waals surface area contributed by atoms with E-state index in [4.69, 9.17) is 0 Å². The van der Waals surface area contributed by atoms with Gasteiger partial charge in [-0.25, -0.2) is 4.79 Å². The van der Waals surface area contributed by atoms with Gasteiger partial charge < -0.3 is 10.4 Å². The van der Waals surface area contributed by atoms with E-state index in [-0.39, 0.29) is 0 Å². The normalized spacial score (nSPS) is 23.0. The van der Waals surface area contributed by atoms with Crippen molar-refractivity contribution in [2.75, 3.05) is 11.6 Å². The highest BCUT2D eigenvalue weighted by molar-refractivity contribution is 7.99. The predicted octanol–water partition coefficient (Wildman–Crippen LogP) is 3.39. The van der Waals surface area contributed by atoms with Gasteiger partial charge in [-0.2, -0.15) is 11.8 Å². The van der Waals surface area contributed by atoms with Crippen LogP contribution in [0, 0.1) is 6.92 Å². The summed E-state index contributed by atoms with van der Waals surface area (Å²) in [5.74, 6) is -0.865. The second-order valence-corrected chi connectivity index (χ2v) is 5.89. The van der Waals surface area contributed by atoms with Gasteiger partial charge in [0.25, 0.3) is 0 Å². The van der Waals surface area contributed by atoms with Crippen molar-refractivity contribution in [2.24, 2.45) is 0 Å². The number of hydrogen-bond donors (Lipinski definition) is 2. The lowest BCUT2D eigenvalue weighted by Crippen LogP contribution is -2.26. The average Bonchev–Trinajstić information content (AvgIpc) is 2.76. The second-order valence-electron chi connectivity index (χ2n) is 4.81. The zero-order valence-electron chi connectivity index (χ0n) is 10.8. The lowest BCUT2D eigenvalue weighted by Gasteiger charge is -2.21. The smallest absolute Gasteiger partial charge is 0.337 e. The van der Waals surface area contributed by atoms with Gasteiger partial charge in [0.15, 0.2) is 0 Å². The first-order chi connectivity index (χ1) is 8.61. The lowest BCUT2D eigenvalue weighted by molar-refractivity contribution is 0.0698. The fourth-order valence-corrected chi connectivity index (χ4v) is 3.47. The maximum absolute atomic E-state index is 11.2. The number of carboxylic acids is 1. The number of aryl methyl sites for hydroxylation is 1. The summed E-state index contributed by atoms with van der Waals surface area (Å²) in [6, 6.07) is 5.84. The van der Waals surface area contributed by atoms with E-state index in [1.807, 2.05) is 30.8 Å². The summed E-state index contributed by atoms with van der Waals surface area (Å²) in [5.41, 5.74) is 2.21. The molecule has 0 heterocycles. The van der Waals surface area contributed by atoms with E-state index in [1.165, 1.54) is 12.8 Å². The van der Waals surface area contributed by atoms with Crippen molar-refractivity contribution in [3.63, 3.8) is 0 Å². The molecule has 98 valence electrons. The van der Waals surface area contributed by atoms with Gasteiger partial charge in [-0.3, -0.25) is 0 Å². The summed E-state index contributed by atoms with van der Waals surface area (Å²) in [4.78, 5) is 11.2. The van der Waals surface area contributed by atoms with E-state index >= 15 is 0 Å². The molecule has 0 bridgehead atoms. The number of hydrogen-bond acceptors (Lipinski definition) is 3. The molecule has 2 rings (SSSR count). The van der Waals surface area contributed by atoms with Crippen molar-refractivity contribution >= 4 is 23.4 Å². The third kappa shape index (κ3) is 2.80. The minimum Gasteiger partial charge on any atom is -0.478 e. The van der Waals surface area contributed by atoms with E-state index in [0.717, 1.165) is 17.7 Å². The van der Waals surface area contributed by atoms with E-state index in [9.17, 15) is 9.90 Å². The maximum Gasteiger partial charge on any atom is 0.337 e. The van der Waals surface area contributed by atoms with E-state index in [0.29, 0.717) is 16.9 Å². The Morgan fingerprint density at radius 3 is 2.89 bits per heavy atom. The molecule has 2 atom stereocenters. The van der Waals surface area contributed by atoms with Gasteiger partial charge in [0.1, 0.15) is 0 Å². The number of anilines is 1. The Balaban J connectivity index is 2.22. The van der Waals surface area contributed by atoms with Gasteiger partial charge in [0, 0.05) is 17.0 Å². The Morgan fingerprint density at radius 1 is 1.44 bits per heavy atom. The van der Waals surface area contributed by atoms with Crippen molar-refractivity contribution in [3.8, 4) is 0 Å². The molecule has 0 saturated heterocycles. The monoisotopic (exact) mass is 265 g/mol. The summed E-state index contributed by atoms with van der Waals surface area (Å²) in [5, 5.41) is 13.2. The fourth-order valence-electron chi connectivity index (χ4n) is 2.54. The molecule has 3 nitrogen and oxygen atoms in total. The Labute approximate surface area is 112 Å². The molecule has 1 aromatic carbocycles. The number of carboxylic acid groups (broad SMARTS) is 1. The highest BCUT2D eigenvalue weighted by Gasteiger charge is 2.27. The van der Waals surface area contributed by atoms with Gasteiger partial charge >= 0.3 is 5.97 Å². The van der Waals surface area contributed by atoms with Crippen LogP contribution in [0.5, 0.6) is 0 Å². The van der Waals surface area contributed by atoms with E-state index < -0.39 is 5.97 Å². The molecule has 1 saturated carbocycles. The number of benzene rings is 1. The number of nitrogens with one attached hydrogen (secondary N) is 1. The molecule has 4 heteroatoms. The molecule has 2 unspecified atom stereocenters. The number of aromatic carboxylic acids is 1. The van der Waals surface area contributed by atoms with Gasteiger partial charge in [-0.15, -0.1) is 0 Å². The summed E-state index contributed by atoms with van der Waals surface area (Å²) in [7, 11) is 0. The summed E-state index contributed by atoms with van der Waals surface area (Å²) in [6.07, 6.45) is 5.68. The van der Waals surface area contributed by atoms with Gasteiger partial charge in [0.05, 0.1) is 5.56 Å². The molecule has 1 fully saturated rings. The van der Waals surface area contributed by atoms with Crippen LogP contribution >= 0.6 is 11.8 Å².